The molecule has 0 aliphatic heterocycles. The Labute approximate surface area is 191 Å². The van der Waals surface area contributed by atoms with Gasteiger partial charge in [-0.05, 0) is 34.5 Å². The first-order valence-corrected chi connectivity index (χ1v) is 10.3. The summed E-state index contributed by atoms with van der Waals surface area (Å²) in [7, 11) is 4.97. The Bertz CT molecular complexity index is 1240. The van der Waals surface area contributed by atoms with Crippen molar-refractivity contribution in [2.24, 2.45) is 0 Å². The number of rotatable bonds is 8. The number of carbonyl (C=O) groups is 1. The van der Waals surface area contributed by atoms with Crippen LogP contribution < -0.4 is 9.64 Å². The average Bonchev–Trinajstić information content (AvgIpc) is 3.32. The van der Waals surface area contributed by atoms with Crippen LogP contribution in [0.2, 0.25) is 0 Å². The second-order valence-electron chi connectivity index (χ2n) is 7.37. The minimum absolute atomic E-state index is 0.313. The van der Waals surface area contributed by atoms with Crippen LogP contribution in [0.4, 0.5) is 5.82 Å². The quantitative estimate of drug-likeness (QED) is 0.382. The van der Waals surface area contributed by atoms with Crippen LogP contribution in [-0.4, -0.2) is 52.4 Å². The highest BCUT2D eigenvalue weighted by Crippen LogP contribution is 2.25. The third-order valence-electron chi connectivity index (χ3n) is 5.15. The van der Waals surface area contributed by atoms with Gasteiger partial charge >= 0.3 is 5.97 Å². The lowest BCUT2D eigenvalue weighted by Gasteiger charge is -2.20. The molecule has 9 nitrogen and oxygen atoms in total. The van der Waals surface area contributed by atoms with Crippen molar-refractivity contribution in [3.05, 3.63) is 83.6 Å². The largest absolute Gasteiger partial charge is 0.493 e. The zero-order chi connectivity index (χ0) is 23.2. The Morgan fingerprint density at radius 1 is 1.03 bits per heavy atom. The van der Waals surface area contributed by atoms with Gasteiger partial charge in [-0.15, -0.1) is 10.2 Å². The van der Waals surface area contributed by atoms with Crippen LogP contribution in [0.15, 0.2) is 66.9 Å². The molecule has 4 rings (SSSR count). The standard InChI is InChI=1S/C24H24N6O3/c1-29(23-21(32-2)9-6-14-25-23)15-17-10-12-18(13-11-17)22-26-28-30(27-22)16-19-7-4-5-8-20(19)24(31)33-3/h4-14H,15-16H2,1-3H3. The number of nitrogens with zero attached hydrogens (tertiary/aromatic N) is 6. The first-order valence-electron chi connectivity index (χ1n) is 10.3. The van der Waals surface area contributed by atoms with E-state index >= 15 is 0 Å². The fraction of sp³-hybridized carbons (Fsp3) is 0.208. The summed E-state index contributed by atoms with van der Waals surface area (Å²) in [6.45, 7) is 0.977. The van der Waals surface area contributed by atoms with Crippen LogP contribution in [-0.2, 0) is 17.8 Å². The highest BCUT2D eigenvalue weighted by atomic mass is 16.5. The smallest absolute Gasteiger partial charge is 0.338 e. The maximum Gasteiger partial charge on any atom is 0.338 e. The SMILES string of the molecule is COC(=O)c1ccccc1Cn1nnc(-c2ccc(CN(C)c3ncccc3OC)cc2)n1. The number of ether oxygens (including phenoxy) is 2. The van der Waals surface area contributed by atoms with Crippen molar-refractivity contribution in [3.63, 3.8) is 0 Å². The summed E-state index contributed by atoms with van der Waals surface area (Å²) in [4.78, 5) is 19.9. The molecule has 168 valence electrons. The zero-order valence-corrected chi connectivity index (χ0v) is 18.7. The Morgan fingerprint density at radius 2 is 1.82 bits per heavy atom. The number of pyridine rings is 1. The van der Waals surface area contributed by atoms with Gasteiger partial charge in [0.2, 0.25) is 5.82 Å². The van der Waals surface area contributed by atoms with Crippen molar-refractivity contribution < 1.29 is 14.3 Å². The van der Waals surface area contributed by atoms with Gasteiger partial charge in [0.1, 0.15) is 0 Å². The van der Waals surface area contributed by atoms with Gasteiger partial charge in [-0.25, -0.2) is 9.78 Å². The van der Waals surface area contributed by atoms with Gasteiger partial charge in [-0.1, -0.05) is 42.5 Å². The van der Waals surface area contributed by atoms with Gasteiger partial charge < -0.3 is 14.4 Å². The molecular formula is C24H24N6O3. The predicted octanol–water partition coefficient (Wildman–Crippen LogP) is 3.22. The number of aromatic nitrogens is 5. The maximum absolute atomic E-state index is 12.0. The highest BCUT2D eigenvalue weighted by molar-refractivity contribution is 5.90. The number of benzene rings is 2. The normalized spacial score (nSPS) is 10.6. The molecule has 0 atom stereocenters. The van der Waals surface area contributed by atoms with E-state index in [0.717, 1.165) is 28.3 Å². The van der Waals surface area contributed by atoms with Crippen molar-refractivity contribution in [2.75, 3.05) is 26.2 Å². The Hall–Kier alpha value is -4.27. The lowest BCUT2D eigenvalue weighted by atomic mass is 10.1. The van der Waals surface area contributed by atoms with E-state index in [1.54, 1.807) is 25.4 Å². The Kier molecular flexibility index (Phi) is 6.58. The van der Waals surface area contributed by atoms with E-state index in [2.05, 4.69) is 20.4 Å². The molecule has 0 saturated heterocycles. The molecule has 2 heterocycles. The lowest BCUT2D eigenvalue weighted by molar-refractivity contribution is 0.0599. The van der Waals surface area contributed by atoms with E-state index in [1.165, 1.54) is 11.9 Å². The first kappa shape index (κ1) is 21.9. The van der Waals surface area contributed by atoms with Gasteiger partial charge in [0.15, 0.2) is 11.6 Å². The van der Waals surface area contributed by atoms with E-state index in [4.69, 9.17) is 9.47 Å². The summed E-state index contributed by atoms with van der Waals surface area (Å²) in [5, 5.41) is 12.8. The van der Waals surface area contributed by atoms with Gasteiger partial charge in [0, 0.05) is 25.4 Å². The lowest BCUT2D eigenvalue weighted by Crippen LogP contribution is -2.18. The zero-order valence-electron chi connectivity index (χ0n) is 18.7. The number of methoxy groups -OCH3 is 2. The van der Waals surface area contributed by atoms with Crippen LogP contribution >= 0.6 is 0 Å². The maximum atomic E-state index is 12.0. The van der Waals surface area contributed by atoms with Gasteiger partial charge in [-0.3, -0.25) is 0 Å². The van der Waals surface area contributed by atoms with E-state index in [1.807, 2.05) is 60.5 Å². The number of carbonyl (C=O) groups excluding carboxylic acids is 1. The summed E-state index contributed by atoms with van der Waals surface area (Å²) in [5.74, 6) is 1.62. The second kappa shape index (κ2) is 9.90. The summed E-state index contributed by atoms with van der Waals surface area (Å²) in [6.07, 6.45) is 1.75. The van der Waals surface area contributed by atoms with Crippen molar-refractivity contribution in [1.29, 1.82) is 0 Å². The fourth-order valence-corrected chi connectivity index (χ4v) is 3.48. The molecule has 0 unspecified atom stereocenters. The molecular weight excluding hydrogens is 420 g/mol. The molecule has 0 N–H and O–H groups in total. The summed E-state index contributed by atoms with van der Waals surface area (Å²) < 4.78 is 10.2. The van der Waals surface area contributed by atoms with E-state index < -0.39 is 5.97 Å². The number of hydrogen-bond donors (Lipinski definition) is 0. The molecule has 2 aromatic heterocycles. The van der Waals surface area contributed by atoms with E-state index in [9.17, 15) is 4.79 Å². The third-order valence-corrected chi connectivity index (χ3v) is 5.15. The monoisotopic (exact) mass is 444 g/mol. The van der Waals surface area contributed by atoms with Crippen LogP contribution in [0.3, 0.4) is 0 Å². The molecule has 0 radical (unpaired) electrons. The third kappa shape index (κ3) is 4.98. The van der Waals surface area contributed by atoms with Crippen LogP contribution in [0, 0.1) is 0 Å². The Morgan fingerprint density at radius 3 is 2.58 bits per heavy atom. The fourth-order valence-electron chi connectivity index (χ4n) is 3.48. The minimum atomic E-state index is -0.394. The Balaban J connectivity index is 1.46. The minimum Gasteiger partial charge on any atom is -0.493 e. The molecule has 0 aliphatic rings. The number of anilines is 1. The van der Waals surface area contributed by atoms with E-state index in [0.29, 0.717) is 24.5 Å². The van der Waals surface area contributed by atoms with Crippen molar-refractivity contribution in [1.82, 2.24) is 25.2 Å². The second-order valence-corrected chi connectivity index (χ2v) is 7.37. The average molecular weight is 444 g/mol. The number of tetrazole rings is 1. The van der Waals surface area contributed by atoms with Crippen LogP contribution in [0.25, 0.3) is 11.4 Å². The molecule has 4 aromatic rings. The molecule has 0 fully saturated rings. The molecule has 33 heavy (non-hydrogen) atoms. The summed E-state index contributed by atoms with van der Waals surface area (Å²) in [5.41, 5.74) is 3.20. The number of hydrogen-bond acceptors (Lipinski definition) is 8. The summed E-state index contributed by atoms with van der Waals surface area (Å²) in [6, 6.07) is 18.9. The molecule has 0 bridgehead atoms. The molecule has 0 saturated carbocycles. The first-order chi connectivity index (χ1) is 16.1. The predicted molar refractivity (Wildman–Crippen MR) is 123 cm³/mol. The van der Waals surface area contributed by atoms with E-state index in [-0.39, 0.29) is 0 Å². The highest BCUT2D eigenvalue weighted by Gasteiger charge is 2.14. The van der Waals surface area contributed by atoms with Crippen molar-refractivity contribution in [2.45, 2.75) is 13.1 Å². The van der Waals surface area contributed by atoms with Crippen molar-refractivity contribution in [3.8, 4) is 17.1 Å². The molecule has 0 amide bonds. The number of esters is 1. The van der Waals surface area contributed by atoms with Gasteiger partial charge in [0.05, 0.1) is 26.3 Å². The molecule has 0 aliphatic carbocycles. The van der Waals surface area contributed by atoms with Crippen molar-refractivity contribution >= 4 is 11.8 Å². The molecule has 0 spiro atoms. The molecule has 9 heteroatoms. The van der Waals surface area contributed by atoms with Crippen LogP contribution in [0.5, 0.6) is 5.75 Å². The van der Waals surface area contributed by atoms with Crippen LogP contribution in [0.1, 0.15) is 21.5 Å². The topological polar surface area (TPSA) is 95.3 Å². The van der Waals surface area contributed by atoms with Gasteiger partial charge in [-0.2, -0.15) is 4.80 Å². The summed E-state index contributed by atoms with van der Waals surface area (Å²) >= 11 is 0. The molecule has 2 aromatic carbocycles. The van der Waals surface area contributed by atoms with Gasteiger partial charge in [0.25, 0.3) is 0 Å².